The second-order valence-corrected chi connectivity index (χ2v) is 7.63. The average molecular weight is 456 g/mol. The number of aromatic nitrogens is 3. The van der Waals surface area contributed by atoms with E-state index in [0.29, 0.717) is 34.6 Å². The Hall–Kier alpha value is -3.41. The van der Waals surface area contributed by atoms with Crippen LogP contribution in [0.25, 0.3) is 17.5 Å². The van der Waals surface area contributed by atoms with Crippen molar-refractivity contribution in [2.75, 3.05) is 25.6 Å². The molecule has 0 spiro atoms. The Bertz CT molecular complexity index is 1090. The summed E-state index contributed by atoms with van der Waals surface area (Å²) in [6, 6.07) is 6.90. The van der Waals surface area contributed by atoms with E-state index < -0.39 is 0 Å². The lowest BCUT2D eigenvalue weighted by atomic mass is 10.1. The number of aryl methyl sites for hydroxylation is 2. The van der Waals surface area contributed by atoms with Crippen LogP contribution in [0.4, 0.5) is 5.13 Å². The normalized spacial score (nSPS) is 10.7. The molecule has 3 rings (SSSR count). The quantitative estimate of drug-likeness (QED) is 0.503. The van der Waals surface area contributed by atoms with Gasteiger partial charge in [-0.2, -0.15) is 4.98 Å². The molecule has 32 heavy (non-hydrogen) atoms. The van der Waals surface area contributed by atoms with Gasteiger partial charge in [-0.25, -0.2) is 4.98 Å². The van der Waals surface area contributed by atoms with Crippen molar-refractivity contribution in [2.24, 2.45) is 0 Å². The lowest BCUT2D eigenvalue weighted by Crippen LogP contribution is -2.27. The number of methoxy groups -OCH3 is 1. The standard InChI is InChI=1S/C21H23N5O4S.N/c1-13-17(8-5-11-29-3)31-21(23-13)25-18(27)9-10-22-20(28)16-7-4-6-15(12-16)19-24-14(2)30-26-19;/h4-8,12H,9-11H2,1-3H3,(H,22,28)(H,23,25,27);/b8-5+;. The van der Waals surface area contributed by atoms with Crippen molar-refractivity contribution in [2.45, 2.75) is 20.3 Å². The molecule has 2 aromatic heterocycles. The number of thiazole rings is 1. The Morgan fingerprint density at radius 3 is 2.78 bits per heavy atom. The number of benzene rings is 1. The minimum absolute atomic E-state index is 0. The molecule has 0 saturated carbocycles. The molecule has 0 saturated heterocycles. The maximum absolute atomic E-state index is 12.4. The Kier molecular flexibility index (Phi) is 9.20. The predicted molar refractivity (Wildman–Crippen MR) is 120 cm³/mol. The molecule has 0 unspecified atom stereocenters. The molecule has 167 valence electrons. The van der Waals surface area contributed by atoms with Gasteiger partial charge in [0.15, 0.2) is 5.13 Å². The van der Waals surface area contributed by atoms with Crippen molar-refractivity contribution in [3.8, 4) is 11.4 Å². The van der Waals surface area contributed by atoms with Crippen LogP contribution in [0.5, 0.6) is 0 Å². The van der Waals surface area contributed by atoms with E-state index in [9.17, 15) is 9.59 Å². The number of amides is 2. The lowest BCUT2D eigenvalue weighted by Gasteiger charge is -2.06. The highest BCUT2D eigenvalue weighted by atomic mass is 32.1. The molecule has 0 bridgehead atoms. The number of nitrogens with one attached hydrogen (secondary N) is 2. The molecular weight excluding hydrogens is 432 g/mol. The second kappa shape index (κ2) is 11.8. The van der Waals surface area contributed by atoms with Crippen molar-refractivity contribution < 1.29 is 18.8 Å². The van der Waals surface area contributed by atoms with Crippen molar-refractivity contribution in [3.05, 3.63) is 52.4 Å². The monoisotopic (exact) mass is 455 g/mol. The number of ether oxygens (including phenoxy) is 1. The zero-order valence-corrected chi connectivity index (χ0v) is 18.7. The molecule has 10 nitrogen and oxygen atoms in total. The maximum atomic E-state index is 12.4. The Labute approximate surface area is 189 Å². The van der Waals surface area contributed by atoms with Crippen LogP contribution >= 0.6 is 11.3 Å². The number of rotatable bonds is 9. The van der Waals surface area contributed by atoms with Crippen LogP contribution in [0.15, 0.2) is 34.9 Å². The van der Waals surface area contributed by atoms with Crippen LogP contribution in [0, 0.1) is 13.8 Å². The fourth-order valence-electron chi connectivity index (χ4n) is 2.66. The lowest BCUT2D eigenvalue weighted by molar-refractivity contribution is -0.116. The van der Waals surface area contributed by atoms with E-state index in [-0.39, 0.29) is 30.9 Å². The number of hydrogen-bond acceptors (Lipinski definition) is 8. The summed E-state index contributed by atoms with van der Waals surface area (Å²) in [6.45, 7) is 4.28. The van der Waals surface area contributed by atoms with Crippen LogP contribution in [-0.2, 0) is 9.53 Å². The zero-order valence-electron chi connectivity index (χ0n) is 17.9. The Morgan fingerprint density at radius 2 is 2.06 bits per heavy atom. The minimum Gasteiger partial charge on any atom is -0.381 e. The first kappa shape index (κ1) is 24.9. The summed E-state index contributed by atoms with van der Waals surface area (Å²) >= 11 is 1.38. The number of carbonyl (C=O) groups is 2. The third-order valence-corrected chi connectivity index (χ3v) is 5.20. The molecule has 3 radical (unpaired) electrons. The second-order valence-electron chi connectivity index (χ2n) is 6.60. The van der Waals surface area contributed by atoms with Gasteiger partial charge in [0, 0.05) is 44.3 Å². The third kappa shape index (κ3) is 6.80. The van der Waals surface area contributed by atoms with Crippen LogP contribution in [0.1, 0.15) is 33.2 Å². The topological polar surface area (TPSA) is 150 Å². The highest BCUT2D eigenvalue weighted by Crippen LogP contribution is 2.24. The molecule has 2 amide bonds. The summed E-state index contributed by atoms with van der Waals surface area (Å²) in [5, 5.41) is 9.89. The minimum atomic E-state index is -0.287. The molecule has 2 heterocycles. The van der Waals surface area contributed by atoms with Gasteiger partial charge in [0.05, 0.1) is 17.2 Å². The van der Waals surface area contributed by atoms with Crippen LogP contribution in [-0.4, -0.2) is 47.2 Å². The molecule has 11 heteroatoms. The van der Waals surface area contributed by atoms with E-state index in [1.54, 1.807) is 38.3 Å². The maximum Gasteiger partial charge on any atom is 0.251 e. The van der Waals surface area contributed by atoms with Crippen molar-refractivity contribution in [3.63, 3.8) is 0 Å². The fraction of sp³-hybridized carbons (Fsp3) is 0.286. The van der Waals surface area contributed by atoms with Gasteiger partial charge >= 0.3 is 0 Å². The first-order chi connectivity index (χ1) is 15.0. The first-order valence-corrected chi connectivity index (χ1v) is 10.4. The molecule has 3 aromatic rings. The summed E-state index contributed by atoms with van der Waals surface area (Å²) in [5.74, 6) is 0.356. The zero-order chi connectivity index (χ0) is 22.2. The summed E-state index contributed by atoms with van der Waals surface area (Å²) in [5.41, 5.74) is 1.96. The van der Waals surface area contributed by atoms with Crippen LogP contribution in [0.3, 0.4) is 0 Å². The molecule has 1 aromatic carbocycles. The van der Waals surface area contributed by atoms with Gasteiger partial charge in [0.2, 0.25) is 17.6 Å². The molecule has 0 aliphatic rings. The summed E-state index contributed by atoms with van der Waals surface area (Å²) in [6.07, 6.45) is 3.93. The molecule has 0 fully saturated rings. The van der Waals surface area contributed by atoms with E-state index >= 15 is 0 Å². The molecule has 0 atom stereocenters. The van der Waals surface area contributed by atoms with E-state index in [0.717, 1.165) is 10.6 Å². The number of anilines is 1. The van der Waals surface area contributed by atoms with Gasteiger partial charge in [-0.3, -0.25) is 9.59 Å². The fourth-order valence-corrected chi connectivity index (χ4v) is 3.57. The molecule has 2 N–H and O–H groups in total. The average Bonchev–Trinajstić information content (AvgIpc) is 3.33. The summed E-state index contributed by atoms with van der Waals surface area (Å²) in [4.78, 5) is 34.1. The van der Waals surface area contributed by atoms with Crippen LogP contribution in [0.2, 0.25) is 0 Å². The Morgan fingerprint density at radius 1 is 1.25 bits per heavy atom. The molecule has 0 aliphatic carbocycles. The highest BCUT2D eigenvalue weighted by molar-refractivity contribution is 7.16. The molecular formula is C21H23N6O4S. The summed E-state index contributed by atoms with van der Waals surface area (Å²) in [7, 11) is 1.62. The third-order valence-electron chi connectivity index (χ3n) is 4.16. The number of nitrogens with zero attached hydrogens (tertiary/aromatic N) is 4. The van der Waals surface area contributed by atoms with Gasteiger partial charge in [-0.05, 0) is 25.1 Å². The highest BCUT2D eigenvalue weighted by Gasteiger charge is 2.12. The van der Waals surface area contributed by atoms with E-state index in [4.69, 9.17) is 9.26 Å². The number of hydrogen-bond donors (Lipinski definition) is 2. The van der Waals surface area contributed by atoms with Gasteiger partial charge in [0.25, 0.3) is 5.91 Å². The van der Waals surface area contributed by atoms with Crippen molar-refractivity contribution in [1.82, 2.24) is 26.6 Å². The van der Waals surface area contributed by atoms with Gasteiger partial charge < -0.3 is 19.9 Å². The van der Waals surface area contributed by atoms with Crippen LogP contribution < -0.4 is 16.8 Å². The SMILES string of the molecule is COC/C=C/c1sc(NC(=O)CCNC(=O)c2cccc(-c3noc(C)n3)c2)nc1C.[N]. The first-order valence-electron chi connectivity index (χ1n) is 9.58. The van der Waals surface area contributed by atoms with E-state index in [1.165, 1.54) is 11.3 Å². The van der Waals surface area contributed by atoms with Crippen molar-refractivity contribution in [1.29, 1.82) is 0 Å². The Balaban J connectivity index is 0.00000363. The smallest absolute Gasteiger partial charge is 0.251 e. The van der Waals surface area contributed by atoms with Gasteiger partial charge in [-0.15, -0.1) is 0 Å². The van der Waals surface area contributed by atoms with Gasteiger partial charge in [0.1, 0.15) is 0 Å². The van der Waals surface area contributed by atoms with Gasteiger partial charge in [-0.1, -0.05) is 34.7 Å². The van der Waals surface area contributed by atoms with E-state index in [1.807, 2.05) is 19.1 Å². The predicted octanol–water partition coefficient (Wildman–Crippen LogP) is 2.75. The van der Waals surface area contributed by atoms with E-state index in [2.05, 4.69) is 25.8 Å². The molecule has 0 aliphatic heterocycles. The number of carbonyl (C=O) groups excluding carboxylic acids is 2. The van der Waals surface area contributed by atoms with Crippen molar-refractivity contribution >= 4 is 34.4 Å². The largest absolute Gasteiger partial charge is 0.381 e. The summed E-state index contributed by atoms with van der Waals surface area (Å²) < 4.78 is 9.96.